The van der Waals surface area contributed by atoms with E-state index in [9.17, 15) is 4.79 Å². The van der Waals surface area contributed by atoms with Gasteiger partial charge in [-0.05, 0) is 0 Å². The Balaban J connectivity index is 0. The Labute approximate surface area is 35.5 Å². The molecule has 0 aromatic heterocycles. The topological polar surface area (TPSA) is 99.8 Å². The van der Waals surface area contributed by atoms with E-state index in [-0.39, 0.29) is 12.7 Å². The second-order valence-electron chi connectivity index (χ2n) is 0.598. The largest absolute Gasteiger partial charge is 0.480 e. The molecule has 4 nitrogen and oxygen atoms in total. The van der Waals surface area contributed by atoms with Crippen LogP contribution in [0.5, 0.6) is 0 Å². The van der Waals surface area contributed by atoms with Crippen molar-refractivity contribution in [2.75, 3.05) is 6.54 Å². The molecule has 0 aliphatic heterocycles. The highest BCUT2D eigenvalue weighted by Crippen LogP contribution is 1.43. The van der Waals surface area contributed by atoms with E-state index in [2.05, 4.69) is 5.73 Å². The number of hydrogen-bond acceptors (Lipinski definition) is 2. The van der Waals surface area contributed by atoms with Gasteiger partial charge in [0.05, 0.1) is 6.54 Å². The lowest BCUT2D eigenvalue weighted by Crippen LogP contribution is -2.10. The summed E-state index contributed by atoms with van der Waals surface area (Å²) in [5, 5.41) is 7.60. The molecule has 0 aliphatic carbocycles. The van der Waals surface area contributed by atoms with Crippen LogP contribution in [0.4, 0.5) is 0 Å². The van der Waals surface area contributed by atoms with Crippen LogP contribution in [-0.2, 0) is 4.79 Å². The average molecular weight is 93.1 g/mol. The Hall–Kier alpha value is -0.610. The summed E-state index contributed by atoms with van der Waals surface area (Å²) >= 11 is 0. The van der Waals surface area contributed by atoms with E-state index in [4.69, 9.17) is 5.11 Å². The van der Waals surface area contributed by atoms with Crippen LogP contribution in [0.2, 0.25) is 0 Å². The van der Waals surface area contributed by atoms with Gasteiger partial charge in [-0.2, -0.15) is 0 Å². The molecule has 0 fully saturated rings. The SMILES string of the molecule is NCC(=O)O.[NH4+]. The van der Waals surface area contributed by atoms with Crippen molar-refractivity contribution < 1.29 is 9.90 Å². The third kappa shape index (κ3) is 10.0. The van der Waals surface area contributed by atoms with Gasteiger partial charge in [0, 0.05) is 0 Å². The van der Waals surface area contributed by atoms with E-state index >= 15 is 0 Å². The molecule has 7 N–H and O–H groups in total. The maximum atomic E-state index is 9.24. The molecule has 0 aliphatic rings. The Morgan fingerprint density at radius 1 is 1.83 bits per heavy atom. The lowest BCUT2D eigenvalue weighted by molar-refractivity contribution is -0.135. The van der Waals surface area contributed by atoms with Crippen LogP contribution in [0.1, 0.15) is 0 Å². The van der Waals surface area contributed by atoms with Gasteiger partial charge in [0.2, 0.25) is 0 Å². The molecule has 0 atom stereocenters. The first-order chi connectivity index (χ1) is 2.27. The van der Waals surface area contributed by atoms with Gasteiger partial charge in [-0.1, -0.05) is 0 Å². The smallest absolute Gasteiger partial charge is 0.317 e. The molecule has 0 amide bonds. The van der Waals surface area contributed by atoms with E-state index in [0.717, 1.165) is 0 Å². The molecule has 0 rings (SSSR count). The molecule has 0 aromatic carbocycles. The molecule has 6 heavy (non-hydrogen) atoms. The number of carbonyl (C=O) groups is 1. The van der Waals surface area contributed by atoms with Crippen molar-refractivity contribution in [3.05, 3.63) is 0 Å². The first-order valence-corrected chi connectivity index (χ1v) is 1.19. The highest BCUT2D eigenvalue weighted by molar-refractivity contribution is 5.68. The van der Waals surface area contributed by atoms with Gasteiger partial charge in [0.15, 0.2) is 0 Å². The number of aliphatic carboxylic acids is 1. The fourth-order valence-corrected chi connectivity index (χ4v) is 0. The summed E-state index contributed by atoms with van der Waals surface area (Å²) in [5.74, 6) is -0.968. The molecular weight excluding hydrogens is 84.0 g/mol. The van der Waals surface area contributed by atoms with Crippen LogP contribution in [0.25, 0.3) is 0 Å². The Morgan fingerprint density at radius 2 is 2.00 bits per heavy atom. The zero-order valence-electron chi connectivity index (χ0n) is 3.64. The molecule has 0 saturated heterocycles. The molecule has 0 saturated carbocycles. The first-order valence-electron chi connectivity index (χ1n) is 1.19. The van der Waals surface area contributed by atoms with Crippen molar-refractivity contribution in [2.45, 2.75) is 0 Å². The van der Waals surface area contributed by atoms with Crippen molar-refractivity contribution >= 4 is 5.97 Å². The second kappa shape index (κ2) is 4.39. The summed E-state index contributed by atoms with van der Waals surface area (Å²) in [6.07, 6.45) is 0. The van der Waals surface area contributed by atoms with Crippen molar-refractivity contribution in [1.29, 1.82) is 0 Å². The first kappa shape index (κ1) is 9.04. The highest BCUT2D eigenvalue weighted by atomic mass is 16.4. The van der Waals surface area contributed by atoms with Gasteiger partial charge >= 0.3 is 5.97 Å². The summed E-state index contributed by atoms with van der Waals surface area (Å²) in [4.78, 5) is 9.24. The summed E-state index contributed by atoms with van der Waals surface area (Å²) in [7, 11) is 0. The summed E-state index contributed by atoms with van der Waals surface area (Å²) in [6.45, 7) is -0.278. The number of quaternary nitrogens is 1. The lowest BCUT2D eigenvalue weighted by atomic mass is 10.7. The van der Waals surface area contributed by atoms with Crippen molar-refractivity contribution in [3.8, 4) is 0 Å². The Kier molecular flexibility index (Phi) is 6.61. The van der Waals surface area contributed by atoms with Crippen LogP contribution >= 0.6 is 0 Å². The molecule has 0 spiro atoms. The standard InChI is InChI=1S/C2H5NO2.H3N/c3-1-2(4)5;/h1,3H2,(H,4,5);1H3/p+1. The quantitative estimate of drug-likeness (QED) is 0.403. The fourth-order valence-electron chi connectivity index (χ4n) is 0. The monoisotopic (exact) mass is 93.1 g/mol. The van der Waals surface area contributed by atoms with E-state index in [0.29, 0.717) is 0 Å². The van der Waals surface area contributed by atoms with Crippen molar-refractivity contribution in [1.82, 2.24) is 6.15 Å². The number of hydrogen-bond donors (Lipinski definition) is 3. The maximum Gasteiger partial charge on any atom is 0.317 e. The minimum absolute atomic E-state index is 0. The fraction of sp³-hybridized carbons (Fsp3) is 0.500. The minimum atomic E-state index is -0.968. The molecular formula is C2H9N2O2+. The lowest BCUT2D eigenvalue weighted by Gasteiger charge is -1.73. The number of carboxylic acids is 1. The predicted molar refractivity (Wildman–Crippen MR) is 22.7 cm³/mol. The van der Waals surface area contributed by atoms with Crippen molar-refractivity contribution in [2.24, 2.45) is 5.73 Å². The maximum absolute atomic E-state index is 9.24. The van der Waals surface area contributed by atoms with Crippen LogP contribution in [-0.4, -0.2) is 17.6 Å². The molecule has 0 bridgehead atoms. The van der Waals surface area contributed by atoms with Gasteiger partial charge in [-0.25, -0.2) is 0 Å². The predicted octanol–water partition coefficient (Wildman–Crippen LogP) is -0.594. The molecule has 0 aromatic rings. The summed E-state index contributed by atoms with van der Waals surface area (Å²) < 4.78 is 0. The van der Waals surface area contributed by atoms with Gasteiger partial charge in [0.25, 0.3) is 0 Å². The third-order valence-electron chi connectivity index (χ3n) is 0.175. The summed E-state index contributed by atoms with van der Waals surface area (Å²) in [5.41, 5.74) is 4.57. The molecule has 0 radical (unpaired) electrons. The highest BCUT2D eigenvalue weighted by Gasteiger charge is 1.81. The molecule has 38 valence electrons. The van der Waals surface area contributed by atoms with Gasteiger partial charge < -0.3 is 17.0 Å². The Bertz CT molecular complexity index is 44.8. The zero-order valence-corrected chi connectivity index (χ0v) is 3.64. The molecule has 4 heteroatoms. The Morgan fingerprint density at radius 3 is 2.00 bits per heavy atom. The van der Waals surface area contributed by atoms with E-state index in [1.165, 1.54) is 0 Å². The second-order valence-corrected chi connectivity index (χ2v) is 0.598. The van der Waals surface area contributed by atoms with Crippen LogP contribution in [0.3, 0.4) is 0 Å². The van der Waals surface area contributed by atoms with Gasteiger partial charge in [-0.3, -0.25) is 4.79 Å². The normalized spacial score (nSPS) is 6.17. The van der Waals surface area contributed by atoms with Gasteiger partial charge in [0.1, 0.15) is 0 Å². The molecule has 0 unspecified atom stereocenters. The van der Waals surface area contributed by atoms with E-state index in [1.54, 1.807) is 0 Å². The summed E-state index contributed by atoms with van der Waals surface area (Å²) in [6, 6.07) is 0. The number of carboxylic acid groups (broad SMARTS) is 1. The van der Waals surface area contributed by atoms with Crippen molar-refractivity contribution in [3.63, 3.8) is 0 Å². The minimum Gasteiger partial charge on any atom is -0.480 e. The molecule has 0 heterocycles. The number of nitrogens with two attached hydrogens (primary N) is 1. The van der Waals surface area contributed by atoms with Crippen LogP contribution in [0, 0.1) is 0 Å². The van der Waals surface area contributed by atoms with E-state index < -0.39 is 5.97 Å². The van der Waals surface area contributed by atoms with Crippen LogP contribution in [0.15, 0.2) is 0 Å². The van der Waals surface area contributed by atoms with Crippen LogP contribution < -0.4 is 11.9 Å². The third-order valence-corrected chi connectivity index (χ3v) is 0.175. The number of rotatable bonds is 1. The van der Waals surface area contributed by atoms with Gasteiger partial charge in [-0.15, -0.1) is 0 Å². The van der Waals surface area contributed by atoms with E-state index in [1.807, 2.05) is 0 Å². The average Bonchev–Trinajstić information content (AvgIpc) is 1.38. The zero-order chi connectivity index (χ0) is 4.28.